The molecule has 1 aliphatic heterocycles. The Morgan fingerprint density at radius 2 is 2.05 bits per heavy atom. The van der Waals surface area contributed by atoms with Crippen LogP contribution in [0.2, 0.25) is 5.02 Å². The molecule has 0 saturated carbocycles. The van der Waals surface area contributed by atoms with Gasteiger partial charge >= 0.3 is 0 Å². The lowest BCUT2D eigenvalue weighted by Gasteiger charge is -2.33. The standard InChI is InChI=1S/C16H17ClO3/c1-10(18)8-13(12-6-4-5-7-14(12)17)16(3)15(19)9-11(2)20-16/h4-7,9,13H,8H2,1-3H3/t13-,16-/m1/s1. The fourth-order valence-electron chi connectivity index (χ4n) is 2.63. The molecular weight excluding hydrogens is 276 g/mol. The molecule has 2 rings (SSSR count). The van der Waals surface area contributed by atoms with E-state index in [1.54, 1.807) is 19.9 Å². The van der Waals surface area contributed by atoms with E-state index in [1.807, 2.05) is 18.2 Å². The van der Waals surface area contributed by atoms with Crippen LogP contribution < -0.4 is 0 Å². The molecule has 0 aromatic heterocycles. The molecule has 1 aliphatic rings. The predicted octanol–water partition coefficient (Wildman–Crippen LogP) is 3.66. The summed E-state index contributed by atoms with van der Waals surface area (Å²) in [4.78, 5) is 23.9. The monoisotopic (exact) mass is 292 g/mol. The molecule has 0 saturated heterocycles. The summed E-state index contributed by atoms with van der Waals surface area (Å²) in [7, 11) is 0. The summed E-state index contributed by atoms with van der Waals surface area (Å²) in [6.07, 6.45) is 1.69. The molecule has 106 valence electrons. The third kappa shape index (κ3) is 2.63. The molecule has 0 unspecified atom stereocenters. The number of halogens is 1. The van der Waals surface area contributed by atoms with Crippen molar-refractivity contribution in [3.63, 3.8) is 0 Å². The van der Waals surface area contributed by atoms with Crippen LogP contribution in [0.3, 0.4) is 0 Å². The van der Waals surface area contributed by atoms with Crippen molar-refractivity contribution in [1.29, 1.82) is 0 Å². The molecule has 3 nitrogen and oxygen atoms in total. The predicted molar refractivity (Wildman–Crippen MR) is 77.7 cm³/mol. The molecule has 0 fully saturated rings. The summed E-state index contributed by atoms with van der Waals surface area (Å²) >= 11 is 6.23. The van der Waals surface area contributed by atoms with E-state index in [0.29, 0.717) is 10.8 Å². The van der Waals surface area contributed by atoms with Crippen LogP contribution in [0.5, 0.6) is 0 Å². The van der Waals surface area contributed by atoms with E-state index in [9.17, 15) is 9.59 Å². The number of ether oxygens (including phenoxy) is 1. The Balaban J connectivity index is 2.47. The van der Waals surface area contributed by atoms with Gasteiger partial charge in [0.05, 0.1) is 5.76 Å². The highest BCUT2D eigenvalue weighted by Crippen LogP contribution is 2.42. The summed E-state index contributed by atoms with van der Waals surface area (Å²) in [5, 5.41) is 0.543. The quantitative estimate of drug-likeness (QED) is 0.850. The second kappa shape index (κ2) is 5.41. The molecule has 1 heterocycles. The van der Waals surface area contributed by atoms with Gasteiger partial charge in [-0.3, -0.25) is 4.79 Å². The van der Waals surface area contributed by atoms with Gasteiger partial charge in [-0.25, -0.2) is 0 Å². The van der Waals surface area contributed by atoms with Crippen molar-refractivity contribution in [2.45, 2.75) is 38.7 Å². The topological polar surface area (TPSA) is 43.4 Å². The lowest BCUT2D eigenvalue weighted by Crippen LogP contribution is -2.40. The van der Waals surface area contributed by atoms with Crippen LogP contribution in [0.4, 0.5) is 0 Å². The van der Waals surface area contributed by atoms with Gasteiger partial charge in [-0.1, -0.05) is 29.8 Å². The molecule has 0 amide bonds. The zero-order valence-electron chi connectivity index (χ0n) is 11.8. The number of rotatable bonds is 4. The van der Waals surface area contributed by atoms with Crippen molar-refractivity contribution < 1.29 is 14.3 Å². The first kappa shape index (κ1) is 14.8. The van der Waals surface area contributed by atoms with Crippen molar-refractivity contribution in [2.75, 3.05) is 0 Å². The average molecular weight is 293 g/mol. The van der Waals surface area contributed by atoms with E-state index >= 15 is 0 Å². The van der Waals surface area contributed by atoms with Crippen molar-refractivity contribution in [2.24, 2.45) is 0 Å². The second-order valence-electron chi connectivity index (χ2n) is 5.31. The lowest BCUT2D eigenvalue weighted by molar-refractivity contribution is -0.132. The Kier molecular flexibility index (Phi) is 4.00. The van der Waals surface area contributed by atoms with Crippen LogP contribution in [0, 0.1) is 0 Å². The van der Waals surface area contributed by atoms with Crippen molar-refractivity contribution in [3.8, 4) is 0 Å². The third-order valence-electron chi connectivity index (χ3n) is 3.63. The first-order valence-electron chi connectivity index (χ1n) is 6.50. The molecule has 0 bridgehead atoms. The van der Waals surface area contributed by atoms with Gasteiger partial charge < -0.3 is 9.53 Å². The van der Waals surface area contributed by atoms with Crippen molar-refractivity contribution in [1.82, 2.24) is 0 Å². The van der Waals surface area contributed by atoms with E-state index in [0.717, 1.165) is 5.56 Å². The smallest absolute Gasteiger partial charge is 0.202 e. The van der Waals surface area contributed by atoms with Gasteiger partial charge in [0.1, 0.15) is 5.78 Å². The number of Topliss-reactive ketones (excluding diaryl/α,β-unsaturated/α-hetero) is 1. The number of hydrogen-bond acceptors (Lipinski definition) is 3. The first-order valence-corrected chi connectivity index (χ1v) is 6.88. The van der Waals surface area contributed by atoms with Crippen LogP contribution in [0.25, 0.3) is 0 Å². The Hall–Kier alpha value is -1.61. The first-order chi connectivity index (χ1) is 9.34. The largest absolute Gasteiger partial charge is 0.483 e. The Labute approximate surface area is 123 Å². The number of hydrogen-bond donors (Lipinski definition) is 0. The fraction of sp³-hybridized carbons (Fsp3) is 0.375. The van der Waals surface area contributed by atoms with Crippen LogP contribution in [0.15, 0.2) is 36.1 Å². The van der Waals surface area contributed by atoms with Gasteiger partial charge in [0.15, 0.2) is 5.60 Å². The van der Waals surface area contributed by atoms with Crippen molar-refractivity contribution in [3.05, 3.63) is 46.7 Å². The number of ketones is 2. The number of allylic oxidation sites excluding steroid dienone is 1. The highest BCUT2D eigenvalue weighted by molar-refractivity contribution is 6.31. The lowest BCUT2D eigenvalue weighted by atomic mass is 9.78. The SMILES string of the molecule is CC(=O)C[C@H](c1ccccc1Cl)[C@@]1(C)OC(C)=CC1=O. The summed E-state index contributed by atoms with van der Waals surface area (Å²) in [6.45, 7) is 4.97. The van der Waals surface area contributed by atoms with Crippen LogP contribution >= 0.6 is 11.6 Å². The van der Waals surface area contributed by atoms with Crippen LogP contribution in [0.1, 0.15) is 38.7 Å². The maximum atomic E-state index is 12.3. The third-order valence-corrected chi connectivity index (χ3v) is 3.98. The summed E-state index contributed by atoms with van der Waals surface area (Å²) in [6, 6.07) is 7.26. The molecule has 2 atom stereocenters. The zero-order chi connectivity index (χ0) is 14.9. The Bertz CT molecular complexity index is 591. The van der Waals surface area contributed by atoms with Gasteiger partial charge in [0.25, 0.3) is 0 Å². The Morgan fingerprint density at radius 1 is 1.40 bits per heavy atom. The van der Waals surface area contributed by atoms with E-state index < -0.39 is 11.5 Å². The highest BCUT2D eigenvalue weighted by atomic mass is 35.5. The number of carbonyl (C=O) groups is 2. The van der Waals surface area contributed by atoms with E-state index in [4.69, 9.17) is 16.3 Å². The molecular formula is C16H17ClO3. The van der Waals surface area contributed by atoms with Gasteiger partial charge in [-0.05, 0) is 32.4 Å². The normalized spacial score (nSPS) is 23.2. The van der Waals surface area contributed by atoms with Gasteiger partial charge in [-0.15, -0.1) is 0 Å². The molecule has 0 aliphatic carbocycles. The highest BCUT2D eigenvalue weighted by Gasteiger charge is 2.47. The number of benzene rings is 1. The molecule has 0 radical (unpaired) electrons. The molecule has 1 aromatic carbocycles. The maximum absolute atomic E-state index is 12.3. The van der Waals surface area contributed by atoms with Gasteiger partial charge in [0, 0.05) is 23.4 Å². The minimum absolute atomic E-state index is 0.00269. The van der Waals surface area contributed by atoms with E-state index in [1.165, 1.54) is 13.0 Å². The Morgan fingerprint density at radius 3 is 2.55 bits per heavy atom. The minimum atomic E-state index is -1.07. The van der Waals surface area contributed by atoms with Gasteiger partial charge in [0.2, 0.25) is 5.78 Å². The fourth-order valence-corrected chi connectivity index (χ4v) is 2.90. The minimum Gasteiger partial charge on any atom is -0.483 e. The summed E-state index contributed by atoms with van der Waals surface area (Å²) in [5.74, 6) is 0.0475. The molecule has 0 N–H and O–H groups in total. The molecule has 1 aromatic rings. The maximum Gasteiger partial charge on any atom is 0.202 e. The summed E-state index contributed by atoms with van der Waals surface area (Å²) in [5.41, 5.74) is -0.302. The molecule has 20 heavy (non-hydrogen) atoms. The van der Waals surface area contributed by atoms with Crippen LogP contribution in [-0.4, -0.2) is 17.2 Å². The van der Waals surface area contributed by atoms with Crippen molar-refractivity contribution >= 4 is 23.2 Å². The van der Waals surface area contributed by atoms with Crippen LogP contribution in [-0.2, 0) is 14.3 Å². The van der Waals surface area contributed by atoms with E-state index in [-0.39, 0.29) is 18.0 Å². The number of carbonyl (C=O) groups excluding carboxylic acids is 2. The molecule has 0 spiro atoms. The average Bonchev–Trinajstić information content (AvgIpc) is 2.61. The zero-order valence-corrected chi connectivity index (χ0v) is 12.5. The van der Waals surface area contributed by atoms with E-state index in [2.05, 4.69) is 0 Å². The second-order valence-corrected chi connectivity index (χ2v) is 5.72. The summed E-state index contributed by atoms with van der Waals surface area (Å²) < 4.78 is 5.73. The van der Waals surface area contributed by atoms with Gasteiger partial charge in [-0.2, -0.15) is 0 Å². The molecule has 4 heteroatoms.